The van der Waals surface area contributed by atoms with Crippen LogP contribution in [0.2, 0.25) is 0 Å². The van der Waals surface area contributed by atoms with E-state index < -0.39 is 5.41 Å². The molecule has 1 amide bonds. The molecule has 2 heterocycles. The van der Waals surface area contributed by atoms with Gasteiger partial charge in [0, 0.05) is 19.0 Å². The van der Waals surface area contributed by atoms with Gasteiger partial charge in [-0.3, -0.25) is 4.79 Å². The second-order valence-electron chi connectivity index (χ2n) is 7.74. The van der Waals surface area contributed by atoms with Gasteiger partial charge < -0.3 is 18.9 Å². The summed E-state index contributed by atoms with van der Waals surface area (Å²) in [6.45, 7) is 1.43. The van der Waals surface area contributed by atoms with Crippen LogP contribution in [0.4, 0.5) is 0 Å². The number of hydrogen-bond donors (Lipinski definition) is 0. The molecule has 1 saturated carbocycles. The van der Waals surface area contributed by atoms with E-state index in [1.807, 2.05) is 23.1 Å². The van der Waals surface area contributed by atoms with Gasteiger partial charge in [0.05, 0.1) is 19.6 Å². The zero-order valence-corrected chi connectivity index (χ0v) is 16.5. The highest BCUT2D eigenvalue weighted by Gasteiger charge is 2.46. The van der Waals surface area contributed by atoms with Crippen molar-refractivity contribution in [2.45, 2.75) is 49.9 Å². The zero-order valence-electron chi connectivity index (χ0n) is 16.5. The Balaban J connectivity index is 1.63. The summed E-state index contributed by atoms with van der Waals surface area (Å²) in [5.41, 5.74) is 0.535. The topological polar surface area (TPSA) is 77.7 Å². The molecule has 2 fully saturated rings. The molecule has 7 heteroatoms. The van der Waals surface area contributed by atoms with Crippen molar-refractivity contribution in [3.05, 3.63) is 36.0 Å². The van der Waals surface area contributed by atoms with Gasteiger partial charge in [0.15, 0.2) is 17.3 Å². The second kappa shape index (κ2) is 7.81. The number of carbonyl (C=O) groups excluding carboxylic acids is 1. The lowest BCUT2D eigenvalue weighted by molar-refractivity contribution is -0.138. The van der Waals surface area contributed by atoms with Crippen LogP contribution in [0.3, 0.4) is 0 Å². The number of benzene rings is 1. The molecular weight excluding hydrogens is 358 g/mol. The molecule has 0 spiro atoms. The third kappa shape index (κ3) is 3.23. The summed E-state index contributed by atoms with van der Waals surface area (Å²) in [6.07, 6.45) is 7.14. The molecule has 0 unspecified atom stereocenters. The molecule has 1 aromatic carbocycles. The molecule has 1 atom stereocenters. The Hall–Kier alpha value is -2.57. The number of piperidine rings is 1. The Morgan fingerprint density at radius 1 is 1.18 bits per heavy atom. The molecule has 1 aliphatic heterocycles. The van der Waals surface area contributed by atoms with Crippen LogP contribution in [0.15, 0.2) is 29.1 Å². The van der Waals surface area contributed by atoms with E-state index in [0.717, 1.165) is 50.6 Å². The van der Waals surface area contributed by atoms with E-state index in [1.165, 1.54) is 6.39 Å². The lowest BCUT2D eigenvalue weighted by atomic mass is 9.76. The quantitative estimate of drug-likeness (QED) is 0.786. The minimum Gasteiger partial charge on any atom is -0.493 e. The fourth-order valence-corrected chi connectivity index (χ4v) is 4.77. The lowest BCUT2D eigenvalue weighted by Gasteiger charge is -2.39. The maximum Gasteiger partial charge on any atom is 0.233 e. The van der Waals surface area contributed by atoms with Gasteiger partial charge >= 0.3 is 0 Å². The third-order valence-electron chi connectivity index (χ3n) is 6.25. The third-order valence-corrected chi connectivity index (χ3v) is 6.25. The molecule has 1 aromatic heterocycles. The predicted octanol–water partition coefficient (Wildman–Crippen LogP) is 3.30. The number of nitrogens with zero attached hydrogens (tertiary/aromatic N) is 3. The SMILES string of the molecule is COc1ccc(C2(C(=O)N3CCC[C@H](c4ncon4)C3)CCCC2)cc1OC. The van der Waals surface area contributed by atoms with E-state index in [2.05, 4.69) is 10.1 Å². The van der Waals surface area contributed by atoms with Crippen molar-refractivity contribution in [1.29, 1.82) is 0 Å². The van der Waals surface area contributed by atoms with Crippen LogP contribution in [-0.4, -0.2) is 48.3 Å². The van der Waals surface area contributed by atoms with E-state index in [4.69, 9.17) is 14.0 Å². The number of rotatable bonds is 5. The highest BCUT2D eigenvalue weighted by molar-refractivity contribution is 5.89. The van der Waals surface area contributed by atoms with Gasteiger partial charge in [0.25, 0.3) is 0 Å². The second-order valence-corrected chi connectivity index (χ2v) is 7.74. The molecule has 0 bridgehead atoms. The molecule has 0 N–H and O–H groups in total. The summed E-state index contributed by atoms with van der Waals surface area (Å²) < 4.78 is 15.8. The van der Waals surface area contributed by atoms with Gasteiger partial charge in [-0.25, -0.2) is 0 Å². The van der Waals surface area contributed by atoms with Crippen molar-refractivity contribution in [1.82, 2.24) is 15.0 Å². The Morgan fingerprint density at radius 3 is 2.64 bits per heavy atom. The molecule has 1 aliphatic carbocycles. The van der Waals surface area contributed by atoms with E-state index in [9.17, 15) is 4.79 Å². The fourth-order valence-electron chi connectivity index (χ4n) is 4.77. The lowest BCUT2D eigenvalue weighted by Crippen LogP contribution is -2.49. The smallest absolute Gasteiger partial charge is 0.233 e. The minimum atomic E-state index is -0.487. The van der Waals surface area contributed by atoms with Crippen LogP contribution >= 0.6 is 0 Å². The summed E-state index contributed by atoms with van der Waals surface area (Å²) in [5, 5.41) is 3.99. The summed E-state index contributed by atoms with van der Waals surface area (Å²) >= 11 is 0. The highest BCUT2D eigenvalue weighted by Crippen LogP contribution is 2.45. The highest BCUT2D eigenvalue weighted by atomic mass is 16.5. The van der Waals surface area contributed by atoms with Crippen molar-refractivity contribution in [3.8, 4) is 11.5 Å². The molecule has 1 saturated heterocycles. The maximum atomic E-state index is 13.8. The molecule has 7 nitrogen and oxygen atoms in total. The van der Waals surface area contributed by atoms with Crippen LogP contribution in [0.5, 0.6) is 11.5 Å². The van der Waals surface area contributed by atoms with Crippen molar-refractivity contribution >= 4 is 5.91 Å². The van der Waals surface area contributed by atoms with E-state index in [1.54, 1.807) is 14.2 Å². The first-order chi connectivity index (χ1) is 13.7. The van der Waals surface area contributed by atoms with Gasteiger partial charge in [-0.2, -0.15) is 4.98 Å². The van der Waals surface area contributed by atoms with E-state index in [0.29, 0.717) is 23.9 Å². The molecule has 2 aliphatic rings. The standard InChI is InChI=1S/C21H27N3O4/c1-26-17-8-7-16(12-18(17)27-2)21(9-3-4-10-21)20(25)24-11-5-6-15(13-24)19-22-14-28-23-19/h7-8,12,14-15H,3-6,9-11,13H2,1-2H3/t15-/m0/s1. The molecule has 2 aromatic rings. The monoisotopic (exact) mass is 385 g/mol. The summed E-state index contributed by atoms with van der Waals surface area (Å²) in [4.78, 5) is 20.0. The van der Waals surface area contributed by atoms with Crippen LogP contribution in [-0.2, 0) is 10.2 Å². The Bertz CT molecular complexity index is 815. The summed E-state index contributed by atoms with van der Waals surface area (Å²) in [5.74, 6) is 2.40. The van der Waals surface area contributed by atoms with Crippen LogP contribution < -0.4 is 9.47 Å². The number of carbonyl (C=O) groups is 1. The number of amides is 1. The molecule has 0 radical (unpaired) electrons. The Morgan fingerprint density at radius 2 is 1.96 bits per heavy atom. The Kier molecular flexibility index (Phi) is 5.24. The summed E-state index contributed by atoms with van der Waals surface area (Å²) in [6, 6.07) is 5.90. The van der Waals surface area contributed by atoms with Gasteiger partial charge in [-0.1, -0.05) is 24.1 Å². The zero-order chi connectivity index (χ0) is 19.6. The van der Waals surface area contributed by atoms with Gasteiger partial charge in [-0.15, -0.1) is 0 Å². The van der Waals surface area contributed by atoms with Gasteiger partial charge in [0.1, 0.15) is 0 Å². The largest absolute Gasteiger partial charge is 0.493 e. The van der Waals surface area contributed by atoms with Crippen molar-refractivity contribution in [2.24, 2.45) is 0 Å². The number of aromatic nitrogens is 2. The van der Waals surface area contributed by atoms with Crippen LogP contribution in [0, 0.1) is 0 Å². The van der Waals surface area contributed by atoms with E-state index in [-0.39, 0.29) is 11.8 Å². The molecule has 28 heavy (non-hydrogen) atoms. The number of methoxy groups -OCH3 is 2. The first-order valence-electron chi connectivity index (χ1n) is 9.96. The van der Waals surface area contributed by atoms with Crippen LogP contribution in [0.1, 0.15) is 55.8 Å². The molecular formula is C21H27N3O4. The first kappa shape index (κ1) is 18.8. The average molecular weight is 385 g/mol. The normalized spacial score (nSPS) is 21.5. The predicted molar refractivity (Wildman–Crippen MR) is 103 cm³/mol. The fraction of sp³-hybridized carbons (Fsp3) is 0.571. The maximum absolute atomic E-state index is 13.8. The summed E-state index contributed by atoms with van der Waals surface area (Å²) in [7, 11) is 3.25. The van der Waals surface area contributed by atoms with Crippen molar-refractivity contribution < 1.29 is 18.8 Å². The Labute approximate surface area is 165 Å². The van der Waals surface area contributed by atoms with Gasteiger partial charge in [-0.05, 0) is 43.4 Å². The van der Waals surface area contributed by atoms with Crippen LogP contribution in [0.25, 0.3) is 0 Å². The average Bonchev–Trinajstić information content (AvgIpc) is 3.45. The first-order valence-corrected chi connectivity index (χ1v) is 9.96. The van der Waals surface area contributed by atoms with Crippen molar-refractivity contribution in [3.63, 3.8) is 0 Å². The van der Waals surface area contributed by atoms with E-state index >= 15 is 0 Å². The number of hydrogen-bond acceptors (Lipinski definition) is 6. The minimum absolute atomic E-state index is 0.139. The van der Waals surface area contributed by atoms with Gasteiger partial charge in [0.2, 0.25) is 12.3 Å². The molecule has 4 rings (SSSR count). The van der Waals surface area contributed by atoms with Crippen molar-refractivity contribution in [2.75, 3.05) is 27.3 Å². The number of ether oxygens (including phenoxy) is 2. The number of likely N-dealkylation sites (tertiary alicyclic amines) is 1. The molecule has 150 valence electrons.